The van der Waals surface area contributed by atoms with Crippen molar-refractivity contribution in [2.24, 2.45) is 0 Å². The van der Waals surface area contributed by atoms with Crippen LogP contribution in [0.1, 0.15) is 19.3 Å². The van der Waals surface area contributed by atoms with E-state index in [1.54, 1.807) is 0 Å². The number of nitrogens with one attached hydrogen (secondary N) is 1. The average molecular weight is 310 g/mol. The lowest BCUT2D eigenvalue weighted by Gasteiger charge is -2.27. The molecule has 3 N–H and O–H groups in total. The highest BCUT2D eigenvalue weighted by Crippen LogP contribution is 2.08. The van der Waals surface area contributed by atoms with E-state index < -0.39 is 28.2 Å². The van der Waals surface area contributed by atoms with Gasteiger partial charge in [0.15, 0.2) is 0 Å². The molecule has 0 saturated carbocycles. The fourth-order valence-electron chi connectivity index (χ4n) is 1.73. The standard InChI is InChI=1S/C10H18N2O7S/c13-9(14)3-1-2-8(10(15)16)11-20(17,18)12-4-6-19-7-5-12/h8,11H,1-7H2,(H,13,14)(H,15,16)/t8-/m1/s1. The first-order chi connectivity index (χ1) is 9.33. The van der Waals surface area contributed by atoms with Gasteiger partial charge in [-0.1, -0.05) is 0 Å². The average Bonchev–Trinajstić information content (AvgIpc) is 2.38. The molecule has 0 bridgehead atoms. The maximum Gasteiger partial charge on any atom is 0.321 e. The van der Waals surface area contributed by atoms with Gasteiger partial charge in [-0.3, -0.25) is 9.59 Å². The summed E-state index contributed by atoms with van der Waals surface area (Å²) in [6.07, 6.45) is -0.202. The summed E-state index contributed by atoms with van der Waals surface area (Å²) in [5.41, 5.74) is 0. The zero-order valence-electron chi connectivity index (χ0n) is 10.8. The molecule has 0 radical (unpaired) electrons. The number of carboxylic acid groups (broad SMARTS) is 2. The molecular weight excluding hydrogens is 292 g/mol. The molecule has 1 aliphatic rings. The number of rotatable bonds is 8. The Morgan fingerprint density at radius 2 is 1.85 bits per heavy atom. The van der Waals surface area contributed by atoms with E-state index in [0.717, 1.165) is 4.31 Å². The Hall–Kier alpha value is -1.23. The van der Waals surface area contributed by atoms with Gasteiger partial charge in [0.1, 0.15) is 6.04 Å². The van der Waals surface area contributed by atoms with Crippen LogP contribution in [0, 0.1) is 0 Å². The molecular formula is C10H18N2O7S. The van der Waals surface area contributed by atoms with Crippen LogP contribution < -0.4 is 4.72 Å². The first-order valence-electron chi connectivity index (χ1n) is 6.12. The molecule has 0 aromatic carbocycles. The molecule has 116 valence electrons. The highest BCUT2D eigenvalue weighted by Gasteiger charge is 2.29. The van der Waals surface area contributed by atoms with Crippen LogP contribution in [0.25, 0.3) is 0 Å². The number of hydrogen-bond acceptors (Lipinski definition) is 5. The molecule has 0 unspecified atom stereocenters. The number of carboxylic acids is 2. The molecule has 1 heterocycles. The summed E-state index contributed by atoms with van der Waals surface area (Å²) in [6.45, 7) is 0.850. The van der Waals surface area contributed by atoms with Crippen molar-refractivity contribution in [2.75, 3.05) is 26.3 Å². The number of nitrogens with zero attached hydrogens (tertiary/aromatic N) is 1. The Kier molecular flexibility index (Phi) is 6.33. The third kappa shape index (κ3) is 5.41. The zero-order chi connectivity index (χ0) is 15.2. The summed E-state index contributed by atoms with van der Waals surface area (Å²) in [6, 6.07) is -1.33. The van der Waals surface area contributed by atoms with Crippen molar-refractivity contribution in [3.63, 3.8) is 0 Å². The van der Waals surface area contributed by atoms with Crippen molar-refractivity contribution in [1.82, 2.24) is 9.03 Å². The van der Waals surface area contributed by atoms with Crippen molar-refractivity contribution < 1.29 is 33.0 Å². The van der Waals surface area contributed by atoms with Crippen molar-refractivity contribution in [3.8, 4) is 0 Å². The maximum atomic E-state index is 12.0. The smallest absolute Gasteiger partial charge is 0.321 e. The van der Waals surface area contributed by atoms with E-state index >= 15 is 0 Å². The Bertz CT molecular complexity index is 445. The van der Waals surface area contributed by atoms with Crippen LogP contribution >= 0.6 is 0 Å². The van der Waals surface area contributed by atoms with E-state index in [1.165, 1.54) is 0 Å². The summed E-state index contributed by atoms with van der Waals surface area (Å²) in [4.78, 5) is 21.4. The summed E-state index contributed by atoms with van der Waals surface area (Å²) in [5.74, 6) is -2.38. The van der Waals surface area contributed by atoms with Crippen LogP contribution in [0.5, 0.6) is 0 Å². The minimum atomic E-state index is -3.90. The van der Waals surface area contributed by atoms with Crippen molar-refractivity contribution in [1.29, 1.82) is 0 Å². The normalized spacial score (nSPS) is 18.6. The van der Waals surface area contributed by atoms with Crippen LogP contribution in [-0.4, -0.2) is 67.2 Å². The molecule has 0 aliphatic carbocycles. The second-order valence-electron chi connectivity index (χ2n) is 4.31. The SMILES string of the molecule is O=C(O)CCC[C@@H](NS(=O)(=O)N1CCOCC1)C(=O)O. The van der Waals surface area contributed by atoms with Gasteiger partial charge < -0.3 is 14.9 Å². The maximum absolute atomic E-state index is 12.0. The van der Waals surface area contributed by atoms with Gasteiger partial charge in [-0.15, -0.1) is 0 Å². The minimum absolute atomic E-state index is 0.0782. The lowest BCUT2D eigenvalue weighted by Crippen LogP contribution is -2.51. The molecule has 10 heteroatoms. The van der Waals surface area contributed by atoms with Gasteiger partial charge in [-0.2, -0.15) is 17.4 Å². The van der Waals surface area contributed by atoms with Gasteiger partial charge in [0.05, 0.1) is 13.2 Å². The van der Waals surface area contributed by atoms with Crippen molar-refractivity contribution in [3.05, 3.63) is 0 Å². The van der Waals surface area contributed by atoms with Crippen LogP contribution in [0.3, 0.4) is 0 Å². The van der Waals surface area contributed by atoms with Gasteiger partial charge >= 0.3 is 11.9 Å². The first kappa shape index (κ1) is 16.8. The van der Waals surface area contributed by atoms with E-state index in [4.69, 9.17) is 14.9 Å². The minimum Gasteiger partial charge on any atom is -0.481 e. The number of morpholine rings is 1. The van der Waals surface area contributed by atoms with Gasteiger partial charge in [-0.05, 0) is 12.8 Å². The van der Waals surface area contributed by atoms with E-state index in [2.05, 4.69) is 4.72 Å². The summed E-state index contributed by atoms with van der Waals surface area (Å²) >= 11 is 0. The molecule has 1 saturated heterocycles. The third-order valence-corrected chi connectivity index (χ3v) is 4.41. The summed E-state index contributed by atoms with van der Waals surface area (Å²) in [5, 5.41) is 17.5. The molecule has 1 atom stereocenters. The number of aliphatic carboxylic acids is 2. The van der Waals surface area contributed by atoms with Crippen LogP contribution in [0.2, 0.25) is 0 Å². The second-order valence-corrected chi connectivity index (χ2v) is 6.01. The highest BCUT2D eigenvalue weighted by atomic mass is 32.2. The van der Waals surface area contributed by atoms with E-state index in [-0.39, 0.29) is 45.6 Å². The Labute approximate surface area is 116 Å². The quantitative estimate of drug-likeness (QED) is 0.516. The van der Waals surface area contributed by atoms with Crippen LogP contribution in [0.15, 0.2) is 0 Å². The largest absolute Gasteiger partial charge is 0.481 e. The number of carbonyl (C=O) groups is 2. The second kappa shape index (κ2) is 7.53. The zero-order valence-corrected chi connectivity index (χ0v) is 11.6. The van der Waals surface area contributed by atoms with E-state index in [0.29, 0.717) is 0 Å². The van der Waals surface area contributed by atoms with Crippen LogP contribution in [0.4, 0.5) is 0 Å². The van der Waals surface area contributed by atoms with Crippen molar-refractivity contribution in [2.45, 2.75) is 25.3 Å². The third-order valence-electron chi connectivity index (χ3n) is 2.78. The molecule has 20 heavy (non-hydrogen) atoms. The molecule has 1 aliphatic heterocycles. The van der Waals surface area contributed by atoms with Gasteiger partial charge in [-0.25, -0.2) is 0 Å². The van der Waals surface area contributed by atoms with E-state index in [9.17, 15) is 18.0 Å². The lowest BCUT2D eigenvalue weighted by atomic mass is 10.1. The van der Waals surface area contributed by atoms with Gasteiger partial charge in [0.2, 0.25) is 0 Å². The predicted octanol–water partition coefficient (Wildman–Crippen LogP) is -1.14. The molecule has 1 rings (SSSR count). The highest BCUT2D eigenvalue weighted by molar-refractivity contribution is 7.87. The number of hydrogen-bond donors (Lipinski definition) is 3. The summed E-state index contributed by atoms with van der Waals surface area (Å²) in [7, 11) is -3.90. The Morgan fingerprint density at radius 1 is 1.25 bits per heavy atom. The van der Waals surface area contributed by atoms with E-state index in [1.807, 2.05) is 0 Å². The molecule has 9 nitrogen and oxygen atoms in total. The van der Waals surface area contributed by atoms with Crippen LogP contribution in [-0.2, 0) is 24.5 Å². The van der Waals surface area contributed by atoms with Crippen molar-refractivity contribution >= 4 is 22.1 Å². The molecule has 0 aromatic heterocycles. The molecule has 0 aromatic rings. The molecule has 0 amide bonds. The number of ether oxygens (including phenoxy) is 1. The fraction of sp³-hybridized carbons (Fsp3) is 0.800. The first-order valence-corrected chi connectivity index (χ1v) is 7.56. The Balaban J connectivity index is 2.59. The monoisotopic (exact) mass is 310 g/mol. The summed E-state index contributed by atoms with van der Waals surface area (Å²) < 4.78 is 32.2. The fourth-order valence-corrected chi connectivity index (χ4v) is 3.09. The predicted molar refractivity (Wildman–Crippen MR) is 67.4 cm³/mol. The topological polar surface area (TPSA) is 133 Å². The van der Waals surface area contributed by atoms with Gasteiger partial charge in [0.25, 0.3) is 10.2 Å². The van der Waals surface area contributed by atoms with Gasteiger partial charge in [0, 0.05) is 19.5 Å². The Morgan fingerprint density at radius 3 is 2.35 bits per heavy atom. The lowest BCUT2D eigenvalue weighted by molar-refractivity contribution is -0.140. The molecule has 1 fully saturated rings. The molecule has 0 spiro atoms.